The van der Waals surface area contributed by atoms with E-state index in [9.17, 15) is 0 Å². The third kappa shape index (κ3) is 4.60. The lowest BCUT2D eigenvalue weighted by molar-refractivity contribution is -0.186. The molecule has 0 spiro atoms. The minimum atomic E-state index is -0.0563. The Morgan fingerprint density at radius 1 is 1.08 bits per heavy atom. The molecule has 0 aliphatic heterocycles. The smallest absolute Gasteiger partial charge is 0.168 e. The number of ether oxygens (including phenoxy) is 1. The molecule has 0 fully saturated rings. The normalized spacial score (nSPS) is 13.4. The molecule has 0 saturated heterocycles. The summed E-state index contributed by atoms with van der Waals surface area (Å²) in [7, 11) is 8.10. The van der Waals surface area contributed by atoms with Crippen molar-refractivity contribution >= 4 is 0 Å². The van der Waals surface area contributed by atoms with Gasteiger partial charge in [0.15, 0.2) is 6.35 Å². The van der Waals surface area contributed by atoms with Gasteiger partial charge in [0.05, 0.1) is 5.60 Å². The fraction of sp³-hybridized carbons (Fsp3) is 1.00. The Hall–Kier alpha value is -0.120. The Bertz CT molecular complexity index is 136. The zero-order valence-electron chi connectivity index (χ0n) is 10.1. The predicted molar refractivity (Wildman–Crippen MR) is 56.6 cm³/mol. The molecular weight excluding hydrogens is 164 g/mol. The average molecular weight is 188 g/mol. The first-order chi connectivity index (χ1) is 5.80. The van der Waals surface area contributed by atoms with Gasteiger partial charge in [-0.3, -0.25) is 9.80 Å². The molecule has 80 valence electrons. The molecule has 0 aromatic heterocycles. The Morgan fingerprint density at radius 2 is 1.46 bits per heavy atom. The van der Waals surface area contributed by atoms with Crippen molar-refractivity contribution in [1.82, 2.24) is 9.80 Å². The Morgan fingerprint density at radius 3 is 1.69 bits per heavy atom. The molecule has 0 aromatic rings. The first-order valence-corrected chi connectivity index (χ1v) is 4.81. The quantitative estimate of drug-likeness (QED) is 0.609. The monoisotopic (exact) mass is 188 g/mol. The summed E-state index contributed by atoms with van der Waals surface area (Å²) in [5, 5.41) is 0. The highest BCUT2D eigenvalue weighted by Crippen LogP contribution is 2.17. The van der Waals surface area contributed by atoms with Crippen LogP contribution in [0.15, 0.2) is 0 Å². The summed E-state index contributed by atoms with van der Waals surface area (Å²) in [6.45, 7) is 6.38. The van der Waals surface area contributed by atoms with Crippen molar-refractivity contribution in [3.8, 4) is 0 Å². The molecule has 3 heteroatoms. The second kappa shape index (κ2) is 4.94. The lowest BCUT2D eigenvalue weighted by Crippen LogP contribution is -2.47. The van der Waals surface area contributed by atoms with Gasteiger partial charge in [0.25, 0.3) is 0 Å². The topological polar surface area (TPSA) is 15.7 Å². The van der Waals surface area contributed by atoms with Crippen LogP contribution in [0.1, 0.15) is 27.2 Å². The molecule has 0 N–H and O–H groups in total. The highest BCUT2D eigenvalue weighted by molar-refractivity contribution is 4.67. The van der Waals surface area contributed by atoms with Crippen molar-refractivity contribution in [1.29, 1.82) is 0 Å². The molecule has 0 rings (SSSR count). The highest BCUT2D eigenvalue weighted by atomic mass is 16.5. The van der Waals surface area contributed by atoms with E-state index in [4.69, 9.17) is 4.74 Å². The molecule has 13 heavy (non-hydrogen) atoms. The van der Waals surface area contributed by atoms with Crippen LogP contribution in [0, 0.1) is 0 Å². The van der Waals surface area contributed by atoms with Crippen molar-refractivity contribution in [3.63, 3.8) is 0 Å². The van der Waals surface area contributed by atoms with Crippen LogP contribution in [0.25, 0.3) is 0 Å². The fourth-order valence-electron chi connectivity index (χ4n) is 1.04. The van der Waals surface area contributed by atoms with Crippen LogP contribution in [-0.4, -0.2) is 49.9 Å². The summed E-state index contributed by atoms with van der Waals surface area (Å²) < 4.78 is 5.96. The molecule has 0 atom stereocenters. The van der Waals surface area contributed by atoms with Crippen molar-refractivity contribution in [2.75, 3.05) is 28.2 Å². The van der Waals surface area contributed by atoms with Crippen molar-refractivity contribution in [3.05, 3.63) is 0 Å². The molecule has 0 radical (unpaired) electrons. The van der Waals surface area contributed by atoms with E-state index in [1.54, 1.807) is 0 Å². The minimum absolute atomic E-state index is 0.0509. The van der Waals surface area contributed by atoms with Crippen molar-refractivity contribution in [2.45, 2.75) is 39.1 Å². The summed E-state index contributed by atoms with van der Waals surface area (Å²) in [6, 6.07) is 0. The predicted octanol–water partition coefficient (Wildman–Crippen LogP) is 1.60. The standard InChI is InChI=1S/C10H24N2O/c1-8-10(2,3)13-9(11(4)5)12(6)7/h9H,8H2,1-7H3. The lowest BCUT2D eigenvalue weighted by Gasteiger charge is -2.37. The maximum absolute atomic E-state index is 5.96. The second-order valence-corrected chi connectivity index (χ2v) is 4.48. The van der Waals surface area contributed by atoms with E-state index in [0.29, 0.717) is 0 Å². The largest absolute Gasteiger partial charge is 0.344 e. The number of nitrogens with zero attached hydrogens (tertiary/aromatic N) is 2. The SMILES string of the molecule is CCC(C)(C)OC(N(C)C)N(C)C. The molecular formula is C10H24N2O. The lowest BCUT2D eigenvalue weighted by atomic mass is 10.1. The summed E-state index contributed by atoms with van der Waals surface area (Å²) in [5.41, 5.74) is -0.0563. The molecule has 0 bridgehead atoms. The van der Waals surface area contributed by atoms with Crippen LogP contribution >= 0.6 is 0 Å². The van der Waals surface area contributed by atoms with Crippen molar-refractivity contribution in [2.24, 2.45) is 0 Å². The van der Waals surface area contributed by atoms with Gasteiger partial charge < -0.3 is 4.74 Å². The molecule has 0 saturated carbocycles. The third-order valence-electron chi connectivity index (χ3n) is 2.16. The van der Waals surface area contributed by atoms with E-state index < -0.39 is 0 Å². The number of hydrogen-bond donors (Lipinski definition) is 0. The maximum Gasteiger partial charge on any atom is 0.168 e. The zero-order valence-corrected chi connectivity index (χ0v) is 10.1. The van der Waals surface area contributed by atoms with E-state index in [1.165, 1.54) is 0 Å². The molecule has 3 nitrogen and oxygen atoms in total. The zero-order chi connectivity index (χ0) is 10.6. The first-order valence-electron chi connectivity index (χ1n) is 4.81. The molecule has 0 heterocycles. The van der Waals surface area contributed by atoms with Crippen LogP contribution in [0.3, 0.4) is 0 Å². The van der Waals surface area contributed by atoms with Gasteiger partial charge in [0.1, 0.15) is 0 Å². The van der Waals surface area contributed by atoms with E-state index >= 15 is 0 Å². The molecule has 0 aromatic carbocycles. The van der Waals surface area contributed by atoms with Gasteiger partial charge >= 0.3 is 0 Å². The van der Waals surface area contributed by atoms with Gasteiger partial charge in [-0.1, -0.05) is 6.92 Å². The van der Waals surface area contributed by atoms with E-state index in [0.717, 1.165) is 6.42 Å². The van der Waals surface area contributed by atoms with Gasteiger partial charge in [-0.15, -0.1) is 0 Å². The van der Waals surface area contributed by atoms with Crippen LogP contribution in [0.2, 0.25) is 0 Å². The summed E-state index contributed by atoms with van der Waals surface area (Å²) >= 11 is 0. The molecule has 0 aliphatic carbocycles. The third-order valence-corrected chi connectivity index (χ3v) is 2.16. The molecule has 0 unspecified atom stereocenters. The van der Waals surface area contributed by atoms with E-state index in [-0.39, 0.29) is 12.0 Å². The fourth-order valence-corrected chi connectivity index (χ4v) is 1.04. The van der Waals surface area contributed by atoms with E-state index in [1.807, 2.05) is 28.2 Å². The van der Waals surface area contributed by atoms with Crippen LogP contribution in [-0.2, 0) is 4.74 Å². The number of hydrogen-bond acceptors (Lipinski definition) is 3. The Balaban J connectivity index is 4.26. The molecule has 0 aliphatic rings. The molecule has 0 amide bonds. The maximum atomic E-state index is 5.96. The van der Waals surface area contributed by atoms with Crippen molar-refractivity contribution < 1.29 is 4.74 Å². The van der Waals surface area contributed by atoms with E-state index in [2.05, 4.69) is 30.6 Å². The summed E-state index contributed by atoms with van der Waals surface area (Å²) in [5.74, 6) is 0. The first kappa shape index (κ1) is 12.9. The van der Waals surface area contributed by atoms with Gasteiger partial charge in [0, 0.05) is 0 Å². The average Bonchev–Trinajstić information content (AvgIpc) is 1.99. The van der Waals surface area contributed by atoms with Crippen LogP contribution < -0.4 is 0 Å². The number of rotatable bonds is 5. The van der Waals surface area contributed by atoms with Gasteiger partial charge in [0.2, 0.25) is 0 Å². The Kier molecular flexibility index (Phi) is 4.89. The van der Waals surface area contributed by atoms with Crippen LogP contribution in [0.5, 0.6) is 0 Å². The minimum Gasteiger partial charge on any atom is -0.344 e. The van der Waals surface area contributed by atoms with Gasteiger partial charge in [-0.05, 0) is 48.5 Å². The second-order valence-electron chi connectivity index (χ2n) is 4.48. The van der Waals surface area contributed by atoms with Gasteiger partial charge in [-0.2, -0.15) is 0 Å². The summed E-state index contributed by atoms with van der Waals surface area (Å²) in [4.78, 5) is 4.13. The Labute approximate surface area is 82.7 Å². The van der Waals surface area contributed by atoms with Gasteiger partial charge in [-0.25, -0.2) is 0 Å². The highest BCUT2D eigenvalue weighted by Gasteiger charge is 2.24. The van der Waals surface area contributed by atoms with Crippen LogP contribution in [0.4, 0.5) is 0 Å². The summed E-state index contributed by atoms with van der Waals surface area (Å²) in [6.07, 6.45) is 1.07.